The van der Waals surface area contributed by atoms with Crippen molar-refractivity contribution in [3.63, 3.8) is 0 Å². The van der Waals surface area contributed by atoms with Crippen LogP contribution in [0.4, 0.5) is 0 Å². The highest BCUT2D eigenvalue weighted by molar-refractivity contribution is 5.91. The van der Waals surface area contributed by atoms with E-state index >= 15 is 0 Å². The van der Waals surface area contributed by atoms with Crippen LogP contribution in [-0.4, -0.2) is 17.6 Å². The summed E-state index contributed by atoms with van der Waals surface area (Å²) in [5.41, 5.74) is 1.36. The molecule has 0 aliphatic rings. The van der Waals surface area contributed by atoms with E-state index in [-0.39, 0.29) is 0 Å². The summed E-state index contributed by atoms with van der Waals surface area (Å²) in [7, 11) is 0. The number of carbonyl (C=O) groups excluding carboxylic acids is 1. The van der Waals surface area contributed by atoms with E-state index in [1.54, 1.807) is 13.8 Å². The van der Waals surface area contributed by atoms with Gasteiger partial charge in [0.15, 0.2) is 0 Å². The Morgan fingerprint density at radius 1 is 1.64 bits per heavy atom. The Labute approximate surface area is 82.1 Å². The second kappa shape index (κ2) is 4.38. The normalized spacial score (nSPS) is 9.21. The standard InChI is InChI=1S/C10H10N2O2/c1-3-14-10(13)9-6-12-5-8(4-11)7(9)2/h5-6H,3H2,1-2H3. The second-order valence-electron chi connectivity index (χ2n) is 2.69. The van der Waals surface area contributed by atoms with E-state index in [4.69, 9.17) is 10.00 Å². The molecule has 4 nitrogen and oxygen atoms in total. The van der Waals surface area contributed by atoms with Crippen LogP contribution in [0.15, 0.2) is 12.4 Å². The fraction of sp³-hybridized carbons (Fsp3) is 0.300. The number of hydrogen-bond donors (Lipinski definition) is 0. The molecule has 1 aromatic heterocycles. The largest absolute Gasteiger partial charge is 0.462 e. The minimum absolute atomic E-state index is 0.315. The zero-order chi connectivity index (χ0) is 10.6. The lowest BCUT2D eigenvalue weighted by molar-refractivity contribution is 0.0525. The Bertz CT molecular complexity index is 394. The second-order valence-corrected chi connectivity index (χ2v) is 2.69. The number of ether oxygens (including phenoxy) is 1. The van der Waals surface area contributed by atoms with Crippen molar-refractivity contribution in [2.24, 2.45) is 0 Å². The van der Waals surface area contributed by atoms with Gasteiger partial charge in [0.1, 0.15) is 6.07 Å². The van der Waals surface area contributed by atoms with E-state index in [0.717, 1.165) is 0 Å². The fourth-order valence-electron chi connectivity index (χ4n) is 1.05. The monoisotopic (exact) mass is 190 g/mol. The number of esters is 1. The Kier molecular flexibility index (Phi) is 3.19. The van der Waals surface area contributed by atoms with Crippen molar-refractivity contribution < 1.29 is 9.53 Å². The van der Waals surface area contributed by atoms with Crippen molar-refractivity contribution in [1.82, 2.24) is 4.98 Å². The molecule has 0 N–H and O–H groups in total. The molecule has 0 atom stereocenters. The molecule has 0 spiro atoms. The summed E-state index contributed by atoms with van der Waals surface area (Å²) >= 11 is 0. The van der Waals surface area contributed by atoms with Gasteiger partial charge in [-0.15, -0.1) is 0 Å². The summed E-state index contributed by atoms with van der Waals surface area (Å²) in [5.74, 6) is -0.436. The molecule has 0 saturated carbocycles. The van der Waals surface area contributed by atoms with Crippen LogP contribution in [0.1, 0.15) is 28.4 Å². The van der Waals surface area contributed by atoms with Crippen molar-refractivity contribution in [3.8, 4) is 6.07 Å². The van der Waals surface area contributed by atoms with Gasteiger partial charge >= 0.3 is 5.97 Å². The average molecular weight is 190 g/mol. The van der Waals surface area contributed by atoms with Gasteiger partial charge in [0.05, 0.1) is 17.7 Å². The van der Waals surface area contributed by atoms with Gasteiger partial charge < -0.3 is 4.74 Å². The highest BCUT2D eigenvalue weighted by Gasteiger charge is 2.12. The molecule has 0 aliphatic carbocycles. The van der Waals surface area contributed by atoms with Gasteiger partial charge in [-0.2, -0.15) is 5.26 Å². The number of aromatic nitrogens is 1. The summed E-state index contributed by atoms with van der Waals surface area (Å²) in [6, 6.07) is 1.96. The minimum atomic E-state index is -0.436. The number of carbonyl (C=O) groups is 1. The van der Waals surface area contributed by atoms with Crippen LogP contribution >= 0.6 is 0 Å². The van der Waals surface area contributed by atoms with Crippen molar-refractivity contribution >= 4 is 5.97 Å². The van der Waals surface area contributed by atoms with E-state index in [9.17, 15) is 4.79 Å². The number of rotatable bonds is 2. The van der Waals surface area contributed by atoms with E-state index in [1.807, 2.05) is 6.07 Å². The number of nitrogens with zero attached hydrogens (tertiary/aromatic N) is 2. The van der Waals surface area contributed by atoms with E-state index < -0.39 is 5.97 Å². The summed E-state index contributed by atoms with van der Waals surface area (Å²) in [6.07, 6.45) is 2.84. The smallest absolute Gasteiger partial charge is 0.340 e. The van der Waals surface area contributed by atoms with Crippen molar-refractivity contribution in [1.29, 1.82) is 5.26 Å². The quantitative estimate of drug-likeness (QED) is 0.662. The Morgan fingerprint density at radius 2 is 2.36 bits per heavy atom. The van der Waals surface area contributed by atoms with Crippen molar-refractivity contribution in [2.45, 2.75) is 13.8 Å². The summed E-state index contributed by atoms with van der Waals surface area (Å²) in [6.45, 7) is 3.75. The number of nitriles is 1. The van der Waals surface area contributed by atoms with Gasteiger partial charge in [0.2, 0.25) is 0 Å². The predicted molar refractivity (Wildman–Crippen MR) is 49.6 cm³/mol. The van der Waals surface area contributed by atoms with Crippen LogP contribution in [0.25, 0.3) is 0 Å². The molecule has 0 aromatic carbocycles. The van der Waals surface area contributed by atoms with Gasteiger partial charge in [0, 0.05) is 12.4 Å². The molecular weight excluding hydrogens is 180 g/mol. The van der Waals surface area contributed by atoms with Gasteiger partial charge in [-0.1, -0.05) is 0 Å². The Morgan fingerprint density at radius 3 is 2.93 bits per heavy atom. The first kappa shape index (κ1) is 10.2. The molecule has 1 heterocycles. The van der Waals surface area contributed by atoms with Crippen LogP contribution in [-0.2, 0) is 4.74 Å². The van der Waals surface area contributed by atoms with Crippen LogP contribution in [0, 0.1) is 18.3 Å². The molecule has 0 saturated heterocycles. The average Bonchev–Trinajstić information content (AvgIpc) is 2.18. The maximum atomic E-state index is 11.4. The molecule has 1 rings (SSSR count). The summed E-state index contributed by atoms with van der Waals surface area (Å²) in [5, 5.41) is 8.71. The molecule has 0 unspecified atom stereocenters. The molecule has 72 valence electrons. The van der Waals surface area contributed by atoms with Crippen LogP contribution in [0.5, 0.6) is 0 Å². The number of hydrogen-bond acceptors (Lipinski definition) is 4. The van der Waals surface area contributed by atoms with E-state index in [2.05, 4.69) is 4.98 Å². The van der Waals surface area contributed by atoms with Gasteiger partial charge in [-0.05, 0) is 19.4 Å². The molecule has 14 heavy (non-hydrogen) atoms. The van der Waals surface area contributed by atoms with Gasteiger partial charge in [0.25, 0.3) is 0 Å². The third-order valence-electron chi connectivity index (χ3n) is 1.83. The highest BCUT2D eigenvalue weighted by atomic mass is 16.5. The zero-order valence-corrected chi connectivity index (χ0v) is 8.07. The molecule has 1 aromatic rings. The van der Waals surface area contributed by atoms with E-state index in [1.165, 1.54) is 12.4 Å². The number of pyridine rings is 1. The summed E-state index contributed by atoms with van der Waals surface area (Å²) in [4.78, 5) is 15.2. The third kappa shape index (κ3) is 1.88. The Balaban J connectivity index is 3.11. The first-order chi connectivity index (χ1) is 6.70. The van der Waals surface area contributed by atoms with Crippen molar-refractivity contribution in [2.75, 3.05) is 6.61 Å². The van der Waals surface area contributed by atoms with Crippen LogP contribution in [0.3, 0.4) is 0 Å². The SMILES string of the molecule is CCOC(=O)c1cncc(C#N)c1C. The molecule has 4 heteroatoms. The first-order valence-corrected chi connectivity index (χ1v) is 4.22. The van der Waals surface area contributed by atoms with Gasteiger partial charge in [-0.25, -0.2) is 4.79 Å². The highest BCUT2D eigenvalue weighted by Crippen LogP contribution is 2.11. The molecule has 0 amide bonds. The van der Waals surface area contributed by atoms with E-state index in [0.29, 0.717) is 23.3 Å². The lowest BCUT2D eigenvalue weighted by atomic mass is 10.1. The van der Waals surface area contributed by atoms with Gasteiger partial charge in [-0.3, -0.25) is 4.98 Å². The molecule has 0 bridgehead atoms. The fourth-order valence-corrected chi connectivity index (χ4v) is 1.05. The Hall–Kier alpha value is -1.89. The molecule has 0 fully saturated rings. The first-order valence-electron chi connectivity index (χ1n) is 4.22. The summed E-state index contributed by atoms with van der Waals surface area (Å²) < 4.78 is 4.82. The van der Waals surface area contributed by atoms with Crippen LogP contribution in [0.2, 0.25) is 0 Å². The minimum Gasteiger partial charge on any atom is -0.462 e. The maximum absolute atomic E-state index is 11.4. The maximum Gasteiger partial charge on any atom is 0.340 e. The lowest BCUT2D eigenvalue weighted by Gasteiger charge is -2.04. The molecular formula is C10H10N2O2. The van der Waals surface area contributed by atoms with Crippen LogP contribution < -0.4 is 0 Å². The third-order valence-corrected chi connectivity index (χ3v) is 1.83. The lowest BCUT2D eigenvalue weighted by Crippen LogP contribution is -2.08. The molecule has 0 radical (unpaired) electrons. The molecule has 0 aliphatic heterocycles. The predicted octanol–water partition coefficient (Wildman–Crippen LogP) is 1.44. The topological polar surface area (TPSA) is 63.0 Å². The zero-order valence-electron chi connectivity index (χ0n) is 8.07. The van der Waals surface area contributed by atoms with Crippen molar-refractivity contribution in [3.05, 3.63) is 29.1 Å².